The number of hydrogen-bond donors (Lipinski definition) is 2. The molecule has 0 aliphatic rings. The summed E-state index contributed by atoms with van der Waals surface area (Å²) in [5.41, 5.74) is 3.37. The first kappa shape index (κ1) is 13.6. The average molecular weight is 277 g/mol. The summed E-state index contributed by atoms with van der Waals surface area (Å²) in [6, 6.07) is 6.19. The van der Waals surface area contributed by atoms with Crippen LogP contribution in [0, 0.1) is 13.8 Å². The zero-order valence-corrected chi connectivity index (χ0v) is 12.0. The molecule has 1 heterocycles. The monoisotopic (exact) mass is 276 g/mol. The summed E-state index contributed by atoms with van der Waals surface area (Å²) in [6.45, 7) is 6.88. The molecule has 2 aromatic rings. The zero-order chi connectivity index (χ0) is 13.8. The summed E-state index contributed by atoms with van der Waals surface area (Å²) in [4.78, 5) is 8.47. The molecule has 0 aliphatic carbocycles. The highest BCUT2D eigenvalue weighted by atomic mass is 35.5. The molecule has 0 spiro atoms. The van der Waals surface area contributed by atoms with Gasteiger partial charge in [0, 0.05) is 12.2 Å². The Kier molecular flexibility index (Phi) is 4.22. The second-order valence-electron chi connectivity index (χ2n) is 4.36. The normalized spacial score (nSPS) is 10.3. The molecule has 2 rings (SSSR count). The van der Waals surface area contributed by atoms with Crippen molar-refractivity contribution in [3.05, 3.63) is 40.5 Å². The fraction of sp³-hybridized carbons (Fsp3) is 0.286. The maximum absolute atomic E-state index is 6.11. The van der Waals surface area contributed by atoms with Crippen LogP contribution in [0.1, 0.15) is 18.1 Å². The smallest absolute Gasteiger partial charge is 0.224 e. The lowest BCUT2D eigenvalue weighted by atomic mass is 10.1. The molecule has 0 radical (unpaired) electrons. The van der Waals surface area contributed by atoms with Crippen LogP contribution in [-0.4, -0.2) is 16.5 Å². The first-order chi connectivity index (χ1) is 9.10. The topological polar surface area (TPSA) is 49.8 Å². The van der Waals surface area contributed by atoms with E-state index in [-0.39, 0.29) is 0 Å². The Labute approximate surface area is 118 Å². The standard InChI is InChI=1S/C14H17ClN4/c1-4-16-14-17-8-11(15)13(19-14)18-12-6-5-9(2)7-10(12)3/h5-8H,4H2,1-3H3,(H2,16,17,18,19). The minimum Gasteiger partial charge on any atom is -0.354 e. The molecule has 0 atom stereocenters. The van der Waals surface area contributed by atoms with Crippen molar-refractivity contribution >= 4 is 29.1 Å². The largest absolute Gasteiger partial charge is 0.354 e. The van der Waals surface area contributed by atoms with Gasteiger partial charge in [-0.3, -0.25) is 0 Å². The van der Waals surface area contributed by atoms with Gasteiger partial charge >= 0.3 is 0 Å². The third-order valence-corrected chi connectivity index (χ3v) is 2.99. The average Bonchev–Trinajstić information content (AvgIpc) is 2.37. The molecule has 2 N–H and O–H groups in total. The molecule has 4 nitrogen and oxygen atoms in total. The summed E-state index contributed by atoms with van der Waals surface area (Å²) < 4.78 is 0. The number of hydrogen-bond acceptors (Lipinski definition) is 4. The number of rotatable bonds is 4. The van der Waals surface area contributed by atoms with E-state index in [9.17, 15) is 0 Å². The highest BCUT2D eigenvalue weighted by Crippen LogP contribution is 2.26. The Bertz CT molecular complexity index is 584. The minimum absolute atomic E-state index is 0.502. The fourth-order valence-corrected chi connectivity index (χ4v) is 1.92. The van der Waals surface area contributed by atoms with Crippen LogP contribution in [-0.2, 0) is 0 Å². The number of nitrogens with zero attached hydrogens (tertiary/aromatic N) is 2. The molecule has 0 bridgehead atoms. The summed E-state index contributed by atoms with van der Waals surface area (Å²) in [6.07, 6.45) is 1.60. The van der Waals surface area contributed by atoms with Crippen molar-refractivity contribution in [1.29, 1.82) is 0 Å². The number of halogens is 1. The van der Waals surface area contributed by atoms with Crippen molar-refractivity contribution in [3.8, 4) is 0 Å². The molecule has 1 aromatic carbocycles. The molecule has 0 saturated heterocycles. The highest BCUT2D eigenvalue weighted by molar-refractivity contribution is 6.32. The van der Waals surface area contributed by atoms with Gasteiger partial charge in [0.2, 0.25) is 5.95 Å². The quantitative estimate of drug-likeness (QED) is 0.889. The molecule has 0 amide bonds. The SMILES string of the molecule is CCNc1ncc(Cl)c(Nc2ccc(C)cc2C)n1. The molecule has 1 aromatic heterocycles. The van der Waals surface area contributed by atoms with E-state index in [1.54, 1.807) is 6.20 Å². The number of nitrogens with one attached hydrogen (secondary N) is 2. The number of aryl methyl sites for hydroxylation is 2. The summed E-state index contributed by atoms with van der Waals surface area (Å²) >= 11 is 6.11. The van der Waals surface area contributed by atoms with Gasteiger partial charge in [-0.2, -0.15) is 4.98 Å². The Hall–Kier alpha value is -1.81. The van der Waals surface area contributed by atoms with E-state index in [0.717, 1.165) is 17.8 Å². The van der Waals surface area contributed by atoms with Crippen molar-refractivity contribution < 1.29 is 0 Å². The predicted octanol–water partition coefficient (Wildman–Crippen LogP) is 3.92. The molecule has 100 valence electrons. The molecule has 0 unspecified atom stereocenters. The van der Waals surface area contributed by atoms with Crippen molar-refractivity contribution in [3.63, 3.8) is 0 Å². The van der Waals surface area contributed by atoms with Crippen LogP contribution in [0.3, 0.4) is 0 Å². The van der Waals surface area contributed by atoms with Gasteiger partial charge in [-0.1, -0.05) is 29.3 Å². The van der Waals surface area contributed by atoms with E-state index in [0.29, 0.717) is 16.8 Å². The van der Waals surface area contributed by atoms with Gasteiger partial charge < -0.3 is 10.6 Å². The second-order valence-corrected chi connectivity index (χ2v) is 4.77. The van der Waals surface area contributed by atoms with Crippen molar-refractivity contribution in [2.75, 3.05) is 17.2 Å². The maximum Gasteiger partial charge on any atom is 0.224 e. The molecule has 0 saturated carbocycles. The van der Waals surface area contributed by atoms with Gasteiger partial charge in [-0.15, -0.1) is 0 Å². The summed E-state index contributed by atoms with van der Waals surface area (Å²) in [5.74, 6) is 1.18. The number of anilines is 3. The van der Waals surface area contributed by atoms with E-state index in [4.69, 9.17) is 11.6 Å². The van der Waals surface area contributed by atoms with Crippen LogP contribution in [0.4, 0.5) is 17.5 Å². The molecular weight excluding hydrogens is 260 g/mol. The minimum atomic E-state index is 0.502. The first-order valence-corrected chi connectivity index (χ1v) is 6.58. The van der Waals surface area contributed by atoms with Gasteiger partial charge in [0.1, 0.15) is 5.02 Å². The lowest BCUT2D eigenvalue weighted by Gasteiger charge is -2.11. The van der Waals surface area contributed by atoms with Crippen molar-refractivity contribution in [2.45, 2.75) is 20.8 Å². The Balaban J connectivity index is 2.29. The number of benzene rings is 1. The molecule has 0 aliphatic heterocycles. The lowest BCUT2D eigenvalue weighted by molar-refractivity contribution is 1.09. The second kappa shape index (κ2) is 5.89. The highest BCUT2D eigenvalue weighted by Gasteiger charge is 2.07. The molecular formula is C14H17ClN4. The van der Waals surface area contributed by atoms with E-state index < -0.39 is 0 Å². The van der Waals surface area contributed by atoms with E-state index in [1.165, 1.54) is 5.56 Å². The third kappa shape index (κ3) is 3.35. The van der Waals surface area contributed by atoms with Crippen LogP contribution in [0.2, 0.25) is 5.02 Å². The molecule has 19 heavy (non-hydrogen) atoms. The van der Waals surface area contributed by atoms with Crippen LogP contribution >= 0.6 is 11.6 Å². The van der Waals surface area contributed by atoms with Crippen LogP contribution in [0.5, 0.6) is 0 Å². The summed E-state index contributed by atoms with van der Waals surface area (Å²) in [7, 11) is 0. The van der Waals surface area contributed by atoms with Gasteiger partial charge in [0.25, 0.3) is 0 Å². The first-order valence-electron chi connectivity index (χ1n) is 6.21. The van der Waals surface area contributed by atoms with Crippen molar-refractivity contribution in [1.82, 2.24) is 9.97 Å². The van der Waals surface area contributed by atoms with Crippen LogP contribution in [0.25, 0.3) is 0 Å². The van der Waals surface area contributed by atoms with E-state index in [2.05, 4.69) is 46.6 Å². The van der Waals surface area contributed by atoms with Crippen molar-refractivity contribution in [2.24, 2.45) is 0 Å². The van der Waals surface area contributed by atoms with Crippen LogP contribution < -0.4 is 10.6 Å². The van der Waals surface area contributed by atoms with Gasteiger partial charge in [-0.05, 0) is 32.4 Å². The van der Waals surface area contributed by atoms with Crippen LogP contribution in [0.15, 0.2) is 24.4 Å². The maximum atomic E-state index is 6.11. The number of aromatic nitrogens is 2. The molecule has 0 fully saturated rings. The summed E-state index contributed by atoms with van der Waals surface area (Å²) in [5, 5.41) is 6.81. The van der Waals surface area contributed by atoms with Gasteiger partial charge in [0.15, 0.2) is 5.82 Å². The Morgan fingerprint density at radius 1 is 1.26 bits per heavy atom. The van der Waals surface area contributed by atoms with E-state index in [1.807, 2.05) is 13.0 Å². The van der Waals surface area contributed by atoms with Gasteiger partial charge in [0.05, 0.1) is 6.20 Å². The van der Waals surface area contributed by atoms with Gasteiger partial charge in [-0.25, -0.2) is 4.98 Å². The fourth-order valence-electron chi connectivity index (χ4n) is 1.78. The van der Waals surface area contributed by atoms with E-state index >= 15 is 0 Å². The predicted molar refractivity (Wildman–Crippen MR) is 80.4 cm³/mol. The Morgan fingerprint density at radius 2 is 2.05 bits per heavy atom. The zero-order valence-electron chi connectivity index (χ0n) is 11.3. The lowest BCUT2D eigenvalue weighted by Crippen LogP contribution is -2.05. The molecule has 5 heteroatoms. The Morgan fingerprint density at radius 3 is 2.74 bits per heavy atom. The third-order valence-electron chi connectivity index (χ3n) is 2.71.